The van der Waals surface area contributed by atoms with Crippen molar-refractivity contribution in [1.29, 1.82) is 5.26 Å². The Bertz CT molecular complexity index is 1320. The topological polar surface area (TPSA) is 111 Å². The number of aromatic nitrogens is 1. The summed E-state index contributed by atoms with van der Waals surface area (Å²) in [6, 6.07) is 1.88. The number of piperidine rings is 1. The minimum absolute atomic E-state index is 0.0513. The van der Waals surface area contributed by atoms with Gasteiger partial charge in [-0.25, -0.2) is 0 Å². The molecule has 2 saturated heterocycles. The third kappa shape index (κ3) is 7.11. The van der Waals surface area contributed by atoms with E-state index in [2.05, 4.69) is 15.6 Å². The van der Waals surface area contributed by atoms with Gasteiger partial charge in [-0.15, -0.1) is 0 Å². The maximum absolute atomic E-state index is 14.2. The van der Waals surface area contributed by atoms with Gasteiger partial charge in [0.15, 0.2) is 6.19 Å². The number of likely N-dealkylation sites (tertiary alicyclic amines) is 1. The number of pyridine rings is 1. The molecule has 0 spiro atoms. The van der Waals surface area contributed by atoms with Crippen LogP contribution in [-0.2, 0) is 14.3 Å². The molecule has 5 atom stereocenters. The lowest BCUT2D eigenvalue weighted by atomic mass is 9.97. The molecule has 1 aromatic carbocycles. The number of halogens is 5. The molecule has 0 aliphatic carbocycles. The summed E-state index contributed by atoms with van der Waals surface area (Å²) in [7, 11) is -8.61. The van der Waals surface area contributed by atoms with E-state index in [-0.39, 0.29) is 48.4 Å². The molecule has 5 unspecified atom stereocenters. The van der Waals surface area contributed by atoms with Crippen molar-refractivity contribution in [3.8, 4) is 6.19 Å². The van der Waals surface area contributed by atoms with E-state index in [0.29, 0.717) is 0 Å². The molecular formula is C27H33F5N6O3S. The molecular weight excluding hydrogens is 583 g/mol. The Balaban J connectivity index is 1.80. The molecule has 0 radical (unpaired) electrons. The number of ether oxygens (including phenoxy) is 1. The Morgan fingerprint density at radius 1 is 1.19 bits per heavy atom. The number of anilines is 1. The van der Waals surface area contributed by atoms with Crippen molar-refractivity contribution in [1.82, 2.24) is 20.5 Å². The van der Waals surface area contributed by atoms with Crippen molar-refractivity contribution < 1.29 is 33.8 Å². The molecule has 0 bridgehead atoms. The maximum atomic E-state index is 14.2. The van der Waals surface area contributed by atoms with Gasteiger partial charge in [0.2, 0.25) is 5.91 Å². The van der Waals surface area contributed by atoms with E-state index >= 15 is 0 Å². The van der Waals surface area contributed by atoms with Crippen LogP contribution in [0.15, 0.2) is 53.7 Å². The first-order chi connectivity index (χ1) is 19.6. The number of hydrogen-bond acceptors (Lipinski definition) is 7. The quantitative estimate of drug-likeness (QED) is 0.300. The normalized spacial score (nSPS) is 24.0. The highest BCUT2D eigenvalue weighted by Crippen LogP contribution is 3.02. The smallest absolute Gasteiger partial charge is 0.310 e. The standard InChI is InChI=1S/C27H33F5N6O3S/c1-18(23-7-3-4-13-35-23)36-26(39)25(19-6-5-12-34-15-19)38(27(40)24-14-21(41-2)16-37(24)17-33)20-8-10-22(11-9-20)42(28,29,30,31)32/h5-6,8-12,15,18,21,23-25,35H,3-4,7,13-14,16H2,1-2H3,(H,36,39). The average molecular weight is 617 g/mol. The minimum atomic E-state index is -10.0. The van der Waals surface area contributed by atoms with Gasteiger partial charge < -0.3 is 15.4 Å². The first-order valence-electron chi connectivity index (χ1n) is 13.4. The number of methoxy groups -OCH3 is 1. The SMILES string of the molecule is COC1CC(C(=O)N(c2ccc(S(F)(F)(F)(F)F)cc2)C(C(=O)NC(C)C2CCCCN2)c2cccnc2)N(C#N)C1. The number of hydrogen-bond donors (Lipinski definition) is 2. The van der Waals surface area contributed by atoms with Crippen LogP contribution in [0.1, 0.15) is 44.2 Å². The van der Waals surface area contributed by atoms with Gasteiger partial charge in [0.05, 0.1) is 12.6 Å². The van der Waals surface area contributed by atoms with E-state index in [1.807, 2.05) is 6.19 Å². The highest BCUT2D eigenvalue weighted by atomic mass is 32.5. The number of nitrogens with zero attached hydrogens (tertiary/aromatic N) is 4. The maximum Gasteiger partial charge on any atom is 0.310 e. The van der Waals surface area contributed by atoms with Crippen molar-refractivity contribution >= 4 is 27.7 Å². The van der Waals surface area contributed by atoms with Crippen LogP contribution in [0.3, 0.4) is 0 Å². The predicted octanol–water partition coefficient (Wildman–Crippen LogP) is 5.03. The minimum Gasteiger partial charge on any atom is -0.379 e. The van der Waals surface area contributed by atoms with Crippen LogP contribution in [0.5, 0.6) is 0 Å². The summed E-state index contributed by atoms with van der Waals surface area (Å²) in [5, 5.41) is 16.0. The Morgan fingerprint density at radius 3 is 2.45 bits per heavy atom. The molecule has 4 rings (SSSR count). The molecule has 2 aliphatic rings. The summed E-state index contributed by atoms with van der Waals surface area (Å²) in [5.41, 5.74) is -0.00876. The molecule has 2 aromatic rings. The molecule has 9 nitrogen and oxygen atoms in total. The molecule has 15 heteroatoms. The fourth-order valence-electron chi connectivity index (χ4n) is 5.41. The summed E-state index contributed by atoms with van der Waals surface area (Å²) in [4.78, 5) is 32.2. The zero-order valence-electron chi connectivity index (χ0n) is 23.1. The molecule has 230 valence electrons. The number of nitrogens with one attached hydrogen (secondary N) is 2. The molecule has 1 aromatic heterocycles. The molecule has 2 amide bonds. The van der Waals surface area contributed by atoms with Crippen LogP contribution in [0, 0.1) is 11.5 Å². The van der Waals surface area contributed by atoms with Crippen LogP contribution in [-0.4, -0.2) is 66.1 Å². The Hall–Kier alpha value is -3.48. The highest BCUT2D eigenvalue weighted by Gasteiger charge is 2.65. The van der Waals surface area contributed by atoms with Gasteiger partial charge in [0, 0.05) is 49.3 Å². The van der Waals surface area contributed by atoms with E-state index in [4.69, 9.17) is 4.74 Å². The summed E-state index contributed by atoms with van der Waals surface area (Å²) in [5.74, 6) is -1.44. The number of benzene rings is 1. The number of nitriles is 1. The van der Waals surface area contributed by atoms with E-state index in [1.54, 1.807) is 6.92 Å². The van der Waals surface area contributed by atoms with Crippen molar-refractivity contribution in [2.75, 3.05) is 25.1 Å². The number of amides is 2. The van der Waals surface area contributed by atoms with Gasteiger partial charge in [-0.2, -0.15) is 5.26 Å². The van der Waals surface area contributed by atoms with Gasteiger partial charge in [0.1, 0.15) is 17.0 Å². The monoisotopic (exact) mass is 616 g/mol. The van der Waals surface area contributed by atoms with Gasteiger partial charge in [-0.3, -0.25) is 24.4 Å². The van der Waals surface area contributed by atoms with E-state index in [9.17, 15) is 34.3 Å². The largest absolute Gasteiger partial charge is 0.379 e. The molecule has 2 aliphatic heterocycles. The fraction of sp³-hybridized carbons (Fsp3) is 0.481. The lowest BCUT2D eigenvalue weighted by Gasteiger charge is -2.41. The van der Waals surface area contributed by atoms with Crippen molar-refractivity contribution in [3.63, 3.8) is 0 Å². The average Bonchev–Trinajstić information content (AvgIpc) is 3.39. The summed E-state index contributed by atoms with van der Waals surface area (Å²) in [6.07, 6.45) is 7.02. The van der Waals surface area contributed by atoms with Crippen molar-refractivity contribution in [3.05, 3.63) is 54.4 Å². The summed E-state index contributed by atoms with van der Waals surface area (Å²) in [6.45, 7) is 2.65. The molecule has 42 heavy (non-hydrogen) atoms. The van der Waals surface area contributed by atoms with E-state index < -0.39 is 45.1 Å². The molecule has 2 fully saturated rings. The van der Waals surface area contributed by atoms with Gasteiger partial charge in [-0.1, -0.05) is 31.9 Å². The Kier molecular flexibility index (Phi) is 8.47. The lowest BCUT2D eigenvalue weighted by Crippen LogP contribution is -2.55. The molecule has 2 N–H and O–H groups in total. The van der Waals surface area contributed by atoms with E-state index in [1.165, 1.54) is 36.5 Å². The lowest BCUT2D eigenvalue weighted by molar-refractivity contribution is -0.128. The second-order valence-corrected chi connectivity index (χ2v) is 13.0. The van der Waals surface area contributed by atoms with Crippen LogP contribution < -0.4 is 15.5 Å². The zero-order chi connectivity index (χ0) is 30.8. The van der Waals surface area contributed by atoms with Gasteiger partial charge >= 0.3 is 10.2 Å². The summed E-state index contributed by atoms with van der Waals surface area (Å²) >= 11 is 0. The number of carbonyl (C=O) groups is 2. The van der Waals surface area contributed by atoms with E-state index in [0.717, 1.165) is 42.8 Å². The highest BCUT2D eigenvalue weighted by molar-refractivity contribution is 8.45. The first-order valence-corrected chi connectivity index (χ1v) is 15.4. The van der Waals surface area contributed by atoms with Crippen LogP contribution in [0.25, 0.3) is 0 Å². The van der Waals surface area contributed by atoms with Gasteiger partial charge in [0.25, 0.3) is 5.91 Å². The Morgan fingerprint density at radius 2 is 1.90 bits per heavy atom. The Labute approximate surface area is 240 Å². The third-order valence-corrected chi connectivity index (χ3v) is 8.80. The van der Waals surface area contributed by atoms with Gasteiger partial charge in [-0.05, 0) is 56.6 Å². The van der Waals surface area contributed by atoms with Crippen LogP contribution >= 0.6 is 10.2 Å². The second kappa shape index (κ2) is 11.3. The van der Waals surface area contributed by atoms with Crippen LogP contribution in [0.4, 0.5) is 25.1 Å². The zero-order valence-corrected chi connectivity index (χ0v) is 23.9. The number of rotatable bonds is 9. The predicted molar refractivity (Wildman–Crippen MR) is 147 cm³/mol. The molecule has 3 heterocycles. The second-order valence-electron chi connectivity index (χ2n) is 10.6. The van der Waals surface area contributed by atoms with Crippen molar-refractivity contribution in [2.45, 2.75) is 67.8 Å². The van der Waals surface area contributed by atoms with Crippen molar-refractivity contribution in [2.24, 2.45) is 0 Å². The first kappa shape index (κ1) is 31.5. The number of carbonyl (C=O) groups excluding carboxylic acids is 2. The van der Waals surface area contributed by atoms with Crippen LogP contribution in [0.2, 0.25) is 0 Å². The third-order valence-electron chi connectivity index (χ3n) is 7.64. The summed E-state index contributed by atoms with van der Waals surface area (Å²) < 4.78 is 72.9. The molecule has 0 saturated carbocycles. The fourth-order valence-corrected chi connectivity index (χ4v) is 6.06.